The van der Waals surface area contributed by atoms with Gasteiger partial charge in [0, 0.05) is 6.92 Å². The monoisotopic (exact) mass is 224 g/mol. The van der Waals surface area contributed by atoms with Gasteiger partial charge in [-0.3, -0.25) is 4.89 Å². The molecule has 0 fully saturated rings. The van der Waals surface area contributed by atoms with Crippen molar-refractivity contribution in [1.82, 2.24) is 0 Å². The van der Waals surface area contributed by atoms with Crippen LogP contribution in [0.25, 0.3) is 0 Å². The molecule has 0 saturated carbocycles. The van der Waals surface area contributed by atoms with Crippen LogP contribution in [-0.2, 0) is 24.1 Å². The molecule has 0 aliphatic carbocycles. The molecule has 0 unspecified atom stereocenters. The second-order valence-corrected chi connectivity index (χ2v) is 4.63. The Kier molecular flexibility index (Phi) is 6.48. The summed E-state index contributed by atoms with van der Waals surface area (Å²) in [5.41, 5.74) is 0. The molecule has 0 saturated heterocycles. The average Bonchev–Trinajstić information content (AvgIpc) is 2.10. The van der Waals surface area contributed by atoms with Crippen molar-refractivity contribution < 1.29 is 22.4 Å². The van der Waals surface area contributed by atoms with Crippen molar-refractivity contribution in [2.75, 3.05) is 5.75 Å². The van der Waals surface area contributed by atoms with Gasteiger partial charge in [0.25, 0.3) is 0 Å². The molecule has 0 aromatic rings. The molecule has 0 aliphatic heterocycles. The van der Waals surface area contributed by atoms with Crippen molar-refractivity contribution in [3.8, 4) is 0 Å². The van der Waals surface area contributed by atoms with Crippen molar-refractivity contribution in [3.63, 3.8) is 0 Å². The van der Waals surface area contributed by atoms with Gasteiger partial charge in [-0.25, -0.2) is 4.79 Å². The highest BCUT2D eigenvalue weighted by Gasteiger charge is 2.13. The molecule has 0 rings (SSSR count). The molecule has 0 aromatic heterocycles. The molecular formula is C8H16O5S. The molecule has 0 atom stereocenters. The Hall–Kier alpha value is -0.620. The molecule has 0 amide bonds. The highest BCUT2D eigenvalue weighted by Crippen LogP contribution is 2.04. The fourth-order valence-corrected chi connectivity index (χ4v) is 1.66. The second kappa shape index (κ2) is 6.78. The summed E-state index contributed by atoms with van der Waals surface area (Å²) in [5.74, 6) is -0.887. The number of carbonyl (C=O) groups excluding carboxylic acids is 1. The number of hydrogen-bond acceptors (Lipinski definition) is 5. The minimum atomic E-state index is -3.70. The Morgan fingerprint density at radius 1 is 1.21 bits per heavy atom. The van der Waals surface area contributed by atoms with E-state index >= 15 is 0 Å². The first kappa shape index (κ1) is 13.4. The van der Waals surface area contributed by atoms with Gasteiger partial charge in [0.1, 0.15) is 0 Å². The van der Waals surface area contributed by atoms with Crippen molar-refractivity contribution >= 4 is 16.1 Å². The van der Waals surface area contributed by atoms with E-state index in [9.17, 15) is 13.2 Å². The molecule has 14 heavy (non-hydrogen) atoms. The Balaban J connectivity index is 3.67. The molecule has 6 heteroatoms. The van der Waals surface area contributed by atoms with E-state index < -0.39 is 16.1 Å². The quantitative estimate of drug-likeness (QED) is 0.371. The lowest BCUT2D eigenvalue weighted by Gasteiger charge is -2.02. The summed E-state index contributed by atoms with van der Waals surface area (Å²) in [5, 5.41) is 0. The third-order valence-electron chi connectivity index (χ3n) is 1.50. The van der Waals surface area contributed by atoms with Crippen molar-refractivity contribution in [1.29, 1.82) is 0 Å². The van der Waals surface area contributed by atoms with Crippen LogP contribution in [0.15, 0.2) is 0 Å². The first-order valence-electron chi connectivity index (χ1n) is 4.57. The largest absolute Gasteiger partial charge is 0.340 e. The Bertz CT molecular complexity index is 257. The van der Waals surface area contributed by atoms with Crippen LogP contribution in [0.1, 0.15) is 39.5 Å². The molecule has 0 radical (unpaired) electrons. The molecule has 0 aliphatic rings. The lowest BCUT2D eigenvalue weighted by Crippen LogP contribution is -2.13. The van der Waals surface area contributed by atoms with Crippen LogP contribution in [0.2, 0.25) is 0 Å². The van der Waals surface area contributed by atoms with Crippen LogP contribution in [0.4, 0.5) is 0 Å². The Labute approximate surface area is 84.4 Å². The minimum absolute atomic E-state index is 0.111. The number of hydrogen-bond donors (Lipinski definition) is 0. The van der Waals surface area contributed by atoms with Gasteiger partial charge >= 0.3 is 16.1 Å². The van der Waals surface area contributed by atoms with Gasteiger partial charge < -0.3 is 0 Å². The predicted molar refractivity (Wildman–Crippen MR) is 50.8 cm³/mol. The second-order valence-electron chi connectivity index (χ2n) is 2.97. The van der Waals surface area contributed by atoms with Gasteiger partial charge in [-0.2, -0.15) is 8.42 Å². The predicted octanol–water partition coefficient (Wildman–Crippen LogP) is 1.39. The van der Waals surface area contributed by atoms with Crippen molar-refractivity contribution in [3.05, 3.63) is 0 Å². The van der Waals surface area contributed by atoms with E-state index in [0.717, 1.165) is 26.2 Å². The first-order chi connectivity index (χ1) is 6.48. The summed E-state index contributed by atoms with van der Waals surface area (Å²) in [6.07, 6.45) is 3.38. The van der Waals surface area contributed by atoms with Crippen LogP contribution in [0.5, 0.6) is 0 Å². The average molecular weight is 224 g/mol. The van der Waals surface area contributed by atoms with Gasteiger partial charge in [-0.15, -0.1) is 0 Å². The highest BCUT2D eigenvalue weighted by molar-refractivity contribution is 7.86. The van der Waals surface area contributed by atoms with Gasteiger partial charge in [0.2, 0.25) is 0 Å². The molecule has 5 nitrogen and oxygen atoms in total. The molecule has 0 N–H and O–H groups in total. The summed E-state index contributed by atoms with van der Waals surface area (Å²) in [6, 6.07) is 0. The van der Waals surface area contributed by atoms with Crippen molar-refractivity contribution in [2.45, 2.75) is 39.5 Å². The first-order valence-corrected chi connectivity index (χ1v) is 6.15. The minimum Gasteiger partial charge on any atom is -0.282 e. The van der Waals surface area contributed by atoms with E-state index in [1.165, 1.54) is 0 Å². The van der Waals surface area contributed by atoms with Gasteiger partial charge in [0.05, 0.1) is 5.75 Å². The topological polar surface area (TPSA) is 69.7 Å². The Morgan fingerprint density at radius 3 is 2.36 bits per heavy atom. The normalized spacial score (nSPS) is 11.3. The summed E-state index contributed by atoms with van der Waals surface area (Å²) < 4.78 is 26.0. The Morgan fingerprint density at radius 2 is 1.86 bits per heavy atom. The van der Waals surface area contributed by atoms with Gasteiger partial charge in [0.15, 0.2) is 0 Å². The lowest BCUT2D eigenvalue weighted by molar-refractivity contribution is -0.208. The van der Waals surface area contributed by atoms with E-state index in [1.54, 1.807) is 0 Å². The highest BCUT2D eigenvalue weighted by atomic mass is 32.2. The lowest BCUT2D eigenvalue weighted by atomic mass is 10.2. The maximum atomic E-state index is 11.0. The summed E-state index contributed by atoms with van der Waals surface area (Å²) >= 11 is 0. The SMILES string of the molecule is CCCCCCS(=O)(=O)OOC(C)=O. The van der Waals surface area contributed by atoms with Gasteiger partial charge in [-0.1, -0.05) is 30.5 Å². The van der Waals surface area contributed by atoms with Crippen LogP contribution in [0.3, 0.4) is 0 Å². The molecule has 84 valence electrons. The fraction of sp³-hybridized carbons (Fsp3) is 0.875. The van der Waals surface area contributed by atoms with E-state index in [-0.39, 0.29) is 5.75 Å². The van der Waals surface area contributed by atoms with E-state index in [1.807, 2.05) is 6.92 Å². The smallest absolute Gasteiger partial charge is 0.282 e. The van der Waals surface area contributed by atoms with E-state index in [0.29, 0.717) is 6.42 Å². The summed E-state index contributed by atoms with van der Waals surface area (Å²) in [7, 11) is -3.70. The third kappa shape index (κ3) is 8.00. The third-order valence-corrected chi connectivity index (χ3v) is 2.57. The summed E-state index contributed by atoms with van der Waals surface area (Å²) in [4.78, 5) is 14.2. The number of carbonyl (C=O) groups is 1. The van der Waals surface area contributed by atoms with E-state index in [2.05, 4.69) is 9.22 Å². The van der Waals surface area contributed by atoms with Crippen LogP contribution in [-0.4, -0.2) is 20.1 Å². The summed E-state index contributed by atoms with van der Waals surface area (Å²) in [6.45, 7) is 3.11. The molecule has 0 aromatic carbocycles. The van der Waals surface area contributed by atoms with Crippen LogP contribution in [0, 0.1) is 0 Å². The zero-order valence-corrected chi connectivity index (χ0v) is 9.30. The van der Waals surface area contributed by atoms with Crippen LogP contribution < -0.4 is 0 Å². The maximum Gasteiger partial charge on any atom is 0.340 e. The molecule has 0 spiro atoms. The van der Waals surface area contributed by atoms with Gasteiger partial charge in [-0.05, 0) is 6.42 Å². The van der Waals surface area contributed by atoms with Crippen molar-refractivity contribution in [2.24, 2.45) is 0 Å². The molecule has 0 heterocycles. The number of unbranched alkanes of at least 4 members (excludes halogenated alkanes) is 3. The van der Waals surface area contributed by atoms with Crippen LogP contribution >= 0.6 is 0 Å². The zero-order chi connectivity index (χ0) is 11.0. The number of rotatable bonds is 7. The zero-order valence-electron chi connectivity index (χ0n) is 8.49. The maximum absolute atomic E-state index is 11.0. The standard InChI is InChI=1S/C8H16O5S/c1-3-4-5-6-7-14(10,11)13-12-8(2)9/h3-7H2,1-2H3. The molecule has 0 bridgehead atoms. The fourth-order valence-electron chi connectivity index (χ4n) is 0.839. The molecular weight excluding hydrogens is 208 g/mol. The van der Waals surface area contributed by atoms with E-state index in [4.69, 9.17) is 0 Å².